The first kappa shape index (κ1) is 19.5. The number of aliphatic hydroxyl groups is 1. The highest BCUT2D eigenvalue weighted by Gasteiger charge is 2.33. The standard InChI is InChI=1S/C15H28N4O2.HI/c1-16-14(19-12-4-5-13(21)17-10-12)18-11-15(8-9-20)6-2-3-7-15;/h12,20H,2-11H2,1H3,(H,17,21)(H2,16,18,19);1H. The van der Waals surface area contributed by atoms with Crippen molar-refractivity contribution in [1.82, 2.24) is 16.0 Å². The molecule has 0 bridgehead atoms. The molecule has 1 unspecified atom stereocenters. The first-order valence-corrected chi connectivity index (χ1v) is 8.02. The van der Waals surface area contributed by atoms with Crippen LogP contribution in [0.3, 0.4) is 0 Å². The average Bonchev–Trinajstić information content (AvgIpc) is 2.95. The van der Waals surface area contributed by atoms with E-state index in [2.05, 4.69) is 20.9 Å². The number of rotatable bonds is 5. The maximum Gasteiger partial charge on any atom is 0.220 e. The molecule has 0 aromatic heterocycles. The third-order valence-corrected chi connectivity index (χ3v) is 4.77. The number of nitrogens with zero attached hydrogens (tertiary/aromatic N) is 1. The second-order valence-electron chi connectivity index (χ2n) is 6.29. The molecule has 1 saturated carbocycles. The summed E-state index contributed by atoms with van der Waals surface area (Å²) in [6.07, 6.45) is 7.13. The number of guanidine groups is 1. The van der Waals surface area contributed by atoms with Crippen molar-refractivity contribution in [3.63, 3.8) is 0 Å². The molecule has 1 aliphatic heterocycles. The molecule has 22 heavy (non-hydrogen) atoms. The van der Waals surface area contributed by atoms with E-state index in [4.69, 9.17) is 0 Å². The molecule has 1 amide bonds. The summed E-state index contributed by atoms with van der Waals surface area (Å²) in [6, 6.07) is 0.242. The molecule has 2 aliphatic rings. The molecule has 0 aromatic rings. The van der Waals surface area contributed by atoms with E-state index in [1.807, 2.05) is 0 Å². The van der Waals surface area contributed by atoms with Crippen LogP contribution in [-0.4, -0.2) is 49.8 Å². The van der Waals surface area contributed by atoms with Crippen LogP contribution in [-0.2, 0) is 4.79 Å². The molecular weight excluding hydrogens is 395 g/mol. The van der Waals surface area contributed by atoms with Crippen molar-refractivity contribution < 1.29 is 9.90 Å². The fourth-order valence-corrected chi connectivity index (χ4v) is 3.39. The van der Waals surface area contributed by atoms with Crippen LogP contribution in [0.2, 0.25) is 0 Å². The van der Waals surface area contributed by atoms with Crippen molar-refractivity contribution in [2.45, 2.75) is 51.0 Å². The first-order valence-electron chi connectivity index (χ1n) is 8.02. The molecule has 1 heterocycles. The summed E-state index contributed by atoms with van der Waals surface area (Å²) < 4.78 is 0. The van der Waals surface area contributed by atoms with Crippen molar-refractivity contribution in [2.24, 2.45) is 10.4 Å². The van der Waals surface area contributed by atoms with Crippen LogP contribution in [0, 0.1) is 5.41 Å². The van der Waals surface area contributed by atoms with Gasteiger partial charge in [-0.15, -0.1) is 24.0 Å². The maximum absolute atomic E-state index is 11.2. The maximum atomic E-state index is 11.2. The fourth-order valence-electron chi connectivity index (χ4n) is 3.39. The Morgan fingerprint density at radius 2 is 2.18 bits per heavy atom. The van der Waals surface area contributed by atoms with Crippen LogP contribution in [0.1, 0.15) is 44.9 Å². The number of halogens is 1. The topological polar surface area (TPSA) is 85.8 Å². The Hall–Kier alpha value is -0.570. The van der Waals surface area contributed by atoms with E-state index >= 15 is 0 Å². The third-order valence-electron chi connectivity index (χ3n) is 4.77. The molecule has 1 saturated heterocycles. The lowest BCUT2D eigenvalue weighted by Crippen LogP contribution is -2.52. The predicted molar refractivity (Wildman–Crippen MR) is 98.5 cm³/mol. The van der Waals surface area contributed by atoms with Crippen LogP contribution in [0.15, 0.2) is 4.99 Å². The molecule has 7 heteroatoms. The lowest BCUT2D eigenvalue weighted by Gasteiger charge is -2.31. The summed E-state index contributed by atoms with van der Waals surface area (Å²) >= 11 is 0. The quantitative estimate of drug-likeness (QED) is 0.301. The van der Waals surface area contributed by atoms with E-state index in [0.717, 1.165) is 25.3 Å². The number of nitrogens with one attached hydrogen (secondary N) is 3. The molecule has 6 nitrogen and oxygen atoms in total. The second kappa shape index (κ2) is 9.54. The highest BCUT2D eigenvalue weighted by atomic mass is 127. The number of aliphatic imine (C=N–C) groups is 1. The zero-order chi connectivity index (χ0) is 15.1. The normalized spacial score (nSPS) is 24.4. The summed E-state index contributed by atoms with van der Waals surface area (Å²) in [5.74, 6) is 0.921. The predicted octanol–water partition coefficient (Wildman–Crippen LogP) is 0.991. The van der Waals surface area contributed by atoms with Crippen LogP contribution in [0.5, 0.6) is 0 Å². The smallest absolute Gasteiger partial charge is 0.220 e. The van der Waals surface area contributed by atoms with Gasteiger partial charge in [0.15, 0.2) is 5.96 Å². The van der Waals surface area contributed by atoms with E-state index in [-0.39, 0.29) is 47.9 Å². The Balaban J connectivity index is 0.00000242. The first-order chi connectivity index (χ1) is 10.2. The highest BCUT2D eigenvalue weighted by Crippen LogP contribution is 2.40. The Labute approximate surface area is 149 Å². The number of hydrogen-bond donors (Lipinski definition) is 4. The minimum absolute atomic E-state index is 0. The van der Waals surface area contributed by atoms with Gasteiger partial charge in [0.1, 0.15) is 0 Å². The lowest BCUT2D eigenvalue weighted by atomic mass is 9.83. The summed E-state index contributed by atoms with van der Waals surface area (Å²) in [4.78, 5) is 15.4. The molecule has 1 aliphatic carbocycles. The van der Waals surface area contributed by atoms with E-state index in [0.29, 0.717) is 13.0 Å². The Morgan fingerprint density at radius 3 is 2.73 bits per heavy atom. The van der Waals surface area contributed by atoms with Crippen molar-refractivity contribution in [2.75, 3.05) is 26.7 Å². The minimum Gasteiger partial charge on any atom is -0.396 e. The van der Waals surface area contributed by atoms with Crippen molar-refractivity contribution in [3.05, 3.63) is 0 Å². The van der Waals surface area contributed by atoms with Crippen LogP contribution < -0.4 is 16.0 Å². The fraction of sp³-hybridized carbons (Fsp3) is 0.867. The molecule has 0 spiro atoms. The van der Waals surface area contributed by atoms with Gasteiger partial charge in [0.05, 0.1) is 0 Å². The van der Waals surface area contributed by atoms with Gasteiger partial charge in [-0.1, -0.05) is 12.8 Å². The number of aliphatic hydroxyl groups excluding tert-OH is 1. The highest BCUT2D eigenvalue weighted by molar-refractivity contribution is 14.0. The van der Waals surface area contributed by atoms with E-state index in [9.17, 15) is 9.90 Å². The zero-order valence-corrected chi connectivity index (χ0v) is 15.7. The van der Waals surface area contributed by atoms with Crippen molar-refractivity contribution in [3.8, 4) is 0 Å². The zero-order valence-electron chi connectivity index (χ0n) is 13.4. The van der Waals surface area contributed by atoms with E-state index in [1.165, 1.54) is 25.7 Å². The van der Waals surface area contributed by atoms with Gasteiger partial charge in [-0.05, 0) is 31.1 Å². The van der Waals surface area contributed by atoms with Crippen LogP contribution in [0.4, 0.5) is 0 Å². The van der Waals surface area contributed by atoms with Gasteiger partial charge >= 0.3 is 0 Å². The van der Waals surface area contributed by atoms with Gasteiger partial charge in [-0.3, -0.25) is 9.79 Å². The van der Waals surface area contributed by atoms with Gasteiger partial charge < -0.3 is 21.1 Å². The van der Waals surface area contributed by atoms with Gasteiger partial charge in [0, 0.05) is 39.2 Å². The third kappa shape index (κ3) is 5.57. The van der Waals surface area contributed by atoms with Crippen LogP contribution in [0.25, 0.3) is 0 Å². The van der Waals surface area contributed by atoms with Crippen LogP contribution >= 0.6 is 24.0 Å². The molecule has 2 rings (SSSR count). The number of amides is 1. The Kier molecular flexibility index (Phi) is 8.45. The summed E-state index contributed by atoms with van der Waals surface area (Å²) in [5, 5.41) is 18.9. The summed E-state index contributed by atoms with van der Waals surface area (Å²) in [7, 11) is 1.77. The second-order valence-corrected chi connectivity index (χ2v) is 6.29. The SMILES string of the molecule is CN=C(NCC1(CCO)CCCC1)NC1CCC(=O)NC1.I. The molecule has 128 valence electrons. The van der Waals surface area contributed by atoms with Gasteiger partial charge in [0.2, 0.25) is 5.91 Å². The minimum atomic E-state index is 0. The number of carbonyl (C=O) groups excluding carboxylic acids is 1. The van der Waals surface area contributed by atoms with Gasteiger partial charge in [0.25, 0.3) is 0 Å². The van der Waals surface area contributed by atoms with Gasteiger partial charge in [-0.25, -0.2) is 0 Å². The summed E-state index contributed by atoms with van der Waals surface area (Å²) in [6.45, 7) is 1.76. The number of hydrogen-bond acceptors (Lipinski definition) is 3. The lowest BCUT2D eigenvalue weighted by molar-refractivity contribution is -0.122. The Bertz CT molecular complexity index is 374. The van der Waals surface area contributed by atoms with Crippen molar-refractivity contribution >= 4 is 35.8 Å². The molecule has 0 aromatic carbocycles. The van der Waals surface area contributed by atoms with E-state index in [1.54, 1.807) is 7.05 Å². The Morgan fingerprint density at radius 1 is 1.45 bits per heavy atom. The molecule has 0 radical (unpaired) electrons. The molecule has 4 N–H and O–H groups in total. The summed E-state index contributed by atoms with van der Waals surface area (Å²) in [5.41, 5.74) is 0.215. The number of carbonyl (C=O) groups is 1. The largest absolute Gasteiger partial charge is 0.396 e. The van der Waals surface area contributed by atoms with Gasteiger partial charge in [-0.2, -0.15) is 0 Å². The van der Waals surface area contributed by atoms with Crippen molar-refractivity contribution in [1.29, 1.82) is 0 Å². The average molecular weight is 424 g/mol. The molecule has 2 fully saturated rings. The molecular formula is C15H29IN4O2. The monoisotopic (exact) mass is 424 g/mol. The van der Waals surface area contributed by atoms with E-state index < -0.39 is 0 Å². The number of piperidine rings is 1. The molecule has 1 atom stereocenters.